The van der Waals surface area contributed by atoms with Gasteiger partial charge in [0.2, 0.25) is 5.91 Å². The molecule has 1 unspecified atom stereocenters. The standard InChI is InChI=1S/C24H22N2O6/c1-4-7-16-17(12-26(23(16)30)18(24(31)32-3)10-11-19(25)27)13(2)20-21(28)14-8-5-6-9-15(14)22(20)29/h1,5-9,18,20H,10-12H2,2-3H3,(H2,25,27). The van der Waals surface area contributed by atoms with E-state index in [0.29, 0.717) is 22.3 Å². The summed E-state index contributed by atoms with van der Waals surface area (Å²) in [7, 11) is 1.17. The Morgan fingerprint density at radius 1 is 1.25 bits per heavy atom. The van der Waals surface area contributed by atoms with E-state index in [-0.39, 0.29) is 36.5 Å². The van der Waals surface area contributed by atoms with Crippen LogP contribution in [0.3, 0.4) is 0 Å². The largest absolute Gasteiger partial charge is 0.467 e. The van der Waals surface area contributed by atoms with Crippen molar-refractivity contribution >= 4 is 29.4 Å². The third-order valence-corrected chi connectivity index (χ3v) is 5.78. The van der Waals surface area contributed by atoms with Crippen LogP contribution in [0.15, 0.2) is 47.1 Å². The zero-order valence-corrected chi connectivity index (χ0v) is 17.7. The van der Waals surface area contributed by atoms with Crippen LogP contribution in [-0.2, 0) is 19.1 Å². The number of hydrogen-bond acceptors (Lipinski definition) is 6. The maximum atomic E-state index is 13.1. The minimum atomic E-state index is -1.07. The summed E-state index contributed by atoms with van der Waals surface area (Å²) in [6, 6.07) is 5.47. The number of hydrogen-bond donors (Lipinski definition) is 1. The van der Waals surface area contributed by atoms with Gasteiger partial charge in [-0.15, -0.1) is 6.42 Å². The quantitative estimate of drug-likeness (QED) is 0.311. The zero-order chi connectivity index (χ0) is 23.6. The lowest BCUT2D eigenvalue weighted by molar-refractivity contribution is -0.151. The van der Waals surface area contributed by atoms with Gasteiger partial charge in [-0.25, -0.2) is 4.79 Å². The lowest BCUT2D eigenvalue weighted by Crippen LogP contribution is -2.43. The van der Waals surface area contributed by atoms with Gasteiger partial charge in [0.25, 0.3) is 5.91 Å². The highest BCUT2D eigenvalue weighted by Crippen LogP contribution is 2.37. The first-order valence-electron chi connectivity index (χ1n) is 9.93. The number of carbonyl (C=O) groups excluding carboxylic acids is 5. The Bertz CT molecular complexity index is 1100. The van der Waals surface area contributed by atoms with Crippen LogP contribution in [0, 0.1) is 18.3 Å². The molecule has 0 spiro atoms. The number of nitrogens with zero attached hydrogens (tertiary/aromatic N) is 1. The zero-order valence-electron chi connectivity index (χ0n) is 17.7. The Balaban J connectivity index is 2.04. The fraction of sp³-hybridized carbons (Fsp3) is 0.292. The van der Waals surface area contributed by atoms with Crippen molar-refractivity contribution < 1.29 is 28.7 Å². The maximum Gasteiger partial charge on any atom is 0.328 e. The van der Waals surface area contributed by atoms with Crippen molar-refractivity contribution in [1.29, 1.82) is 0 Å². The summed E-state index contributed by atoms with van der Waals surface area (Å²) in [5, 5.41) is 0. The number of nitrogens with two attached hydrogens (primary N) is 1. The number of likely N-dealkylation sites (tertiary alicyclic amines) is 1. The van der Waals surface area contributed by atoms with Gasteiger partial charge in [-0.05, 0) is 24.5 Å². The molecule has 8 heteroatoms. The number of amides is 2. The fourth-order valence-electron chi connectivity index (χ4n) is 4.16. The van der Waals surface area contributed by atoms with Gasteiger partial charge in [0, 0.05) is 30.2 Å². The average Bonchev–Trinajstić information content (AvgIpc) is 3.22. The lowest BCUT2D eigenvalue weighted by Gasteiger charge is -2.24. The highest BCUT2D eigenvalue weighted by atomic mass is 16.5. The summed E-state index contributed by atoms with van der Waals surface area (Å²) in [6.07, 6.45) is 6.49. The molecular weight excluding hydrogens is 412 g/mol. The molecule has 1 atom stereocenters. The third-order valence-electron chi connectivity index (χ3n) is 5.78. The Kier molecular flexibility index (Phi) is 6.40. The third kappa shape index (κ3) is 3.85. The van der Waals surface area contributed by atoms with E-state index in [9.17, 15) is 24.0 Å². The van der Waals surface area contributed by atoms with E-state index in [4.69, 9.17) is 16.9 Å². The van der Waals surface area contributed by atoms with E-state index in [1.165, 1.54) is 18.1 Å². The van der Waals surface area contributed by atoms with Crippen molar-refractivity contribution in [1.82, 2.24) is 4.90 Å². The van der Waals surface area contributed by atoms with Gasteiger partial charge in [0.1, 0.15) is 12.0 Å². The van der Waals surface area contributed by atoms with Crippen molar-refractivity contribution in [2.45, 2.75) is 25.8 Å². The number of terminal acetylenes is 1. The second-order valence-electron chi connectivity index (χ2n) is 7.57. The summed E-state index contributed by atoms with van der Waals surface area (Å²) in [6.45, 7) is 1.55. The lowest BCUT2D eigenvalue weighted by atomic mass is 9.89. The molecular formula is C24H22N2O6. The molecule has 1 aromatic rings. The van der Waals surface area contributed by atoms with E-state index in [2.05, 4.69) is 5.92 Å². The number of ketones is 2. The van der Waals surface area contributed by atoms with Gasteiger partial charge in [-0.2, -0.15) is 0 Å². The number of esters is 1. The number of allylic oxidation sites excluding steroid dienone is 2. The molecule has 0 saturated carbocycles. The molecule has 164 valence electrons. The van der Waals surface area contributed by atoms with Gasteiger partial charge in [0.05, 0.1) is 12.7 Å². The van der Waals surface area contributed by atoms with Crippen molar-refractivity contribution in [3.05, 3.63) is 58.2 Å². The normalized spacial score (nSPS) is 19.7. The van der Waals surface area contributed by atoms with E-state index >= 15 is 0 Å². The molecule has 2 aliphatic rings. The molecule has 0 aromatic heterocycles. The number of primary amides is 1. The van der Waals surface area contributed by atoms with Gasteiger partial charge in [-0.3, -0.25) is 19.2 Å². The summed E-state index contributed by atoms with van der Waals surface area (Å²) in [5.74, 6) is -1.35. The number of rotatable bonds is 6. The van der Waals surface area contributed by atoms with Crippen LogP contribution in [0.2, 0.25) is 0 Å². The monoisotopic (exact) mass is 434 g/mol. The second-order valence-corrected chi connectivity index (χ2v) is 7.57. The molecule has 32 heavy (non-hydrogen) atoms. The molecule has 1 aromatic carbocycles. The Hall–Kier alpha value is -3.99. The second kappa shape index (κ2) is 9.02. The van der Waals surface area contributed by atoms with Crippen LogP contribution in [0.5, 0.6) is 0 Å². The fourth-order valence-corrected chi connectivity index (χ4v) is 4.16. The molecule has 2 amide bonds. The Morgan fingerprint density at radius 3 is 2.34 bits per heavy atom. The smallest absolute Gasteiger partial charge is 0.328 e. The molecule has 0 bridgehead atoms. The molecule has 2 N–H and O–H groups in total. The van der Waals surface area contributed by atoms with Crippen LogP contribution in [-0.4, -0.2) is 53.9 Å². The van der Waals surface area contributed by atoms with Crippen LogP contribution < -0.4 is 5.73 Å². The molecule has 3 rings (SSSR count). The van der Waals surface area contributed by atoms with Crippen LogP contribution >= 0.6 is 0 Å². The van der Waals surface area contributed by atoms with Crippen molar-refractivity contribution in [2.75, 3.05) is 13.7 Å². The molecule has 1 aliphatic heterocycles. The molecule has 0 radical (unpaired) electrons. The number of ether oxygens (including phenoxy) is 1. The number of Topliss-reactive ketones (excluding diaryl/α,β-unsaturated/α-hetero) is 2. The predicted molar refractivity (Wildman–Crippen MR) is 114 cm³/mol. The number of carbonyl (C=O) groups is 5. The Labute approximate surface area is 185 Å². The SMILES string of the molecule is C#CC=C1C(=O)N(C(CCC(N)=O)C(=O)OC)CC1=C(C)C1C(=O)c2ccccc2C1=O. The van der Waals surface area contributed by atoms with Gasteiger partial charge >= 0.3 is 5.97 Å². The van der Waals surface area contributed by atoms with Gasteiger partial charge < -0.3 is 15.4 Å². The molecule has 8 nitrogen and oxygen atoms in total. The first-order chi connectivity index (χ1) is 15.2. The average molecular weight is 434 g/mol. The van der Waals surface area contributed by atoms with E-state index in [1.807, 2.05) is 0 Å². The minimum Gasteiger partial charge on any atom is -0.467 e. The molecule has 1 heterocycles. The van der Waals surface area contributed by atoms with E-state index < -0.39 is 29.7 Å². The van der Waals surface area contributed by atoms with Crippen molar-refractivity contribution in [3.8, 4) is 12.3 Å². The highest BCUT2D eigenvalue weighted by molar-refractivity contribution is 6.28. The van der Waals surface area contributed by atoms with Crippen molar-refractivity contribution in [2.24, 2.45) is 11.7 Å². The molecule has 1 saturated heterocycles. The van der Waals surface area contributed by atoms with Crippen molar-refractivity contribution in [3.63, 3.8) is 0 Å². The number of benzene rings is 1. The van der Waals surface area contributed by atoms with E-state index in [0.717, 1.165) is 0 Å². The van der Waals surface area contributed by atoms with Gasteiger partial charge in [-0.1, -0.05) is 30.2 Å². The number of fused-ring (bicyclic) bond motifs is 1. The maximum absolute atomic E-state index is 13.1. The topological polar surface area (TPSA) is 124 Å². The van der Waals surface area contributed by atoms with Crippen LogP contribution in [0.25, 0.3) is 0 Å². The molecule has 1 aliphatic carbocycles. The van der Waals surface area contributed by atoms with Gasteiger partial charge in [0.15, 0.2) is 11.6 Å². The summed E-state index contributed by atoms with van der Waals surface area (Å²) in [4.78, 5) is 63.9. The first kappa shape index (κ1) is 22.7. The minimum absolute atomic E-state index is 0.0316. The molecule has 1 fully saturated rings. The van der Waals surface area contributed by atoms with Crippen LogP contribution in [0.1, 0.15) is 40.5 Å². The predicted octanol–water partition coefficient (Wildman–Crippen LogP) is 1.21. The highest BCUT2D eigenvalue weighted by Gasteiger charge is 2.44. The summed E-state index contributed by atoms with van der Waals surface area (Å²) < 4.78 is 4.80. The summed E-state index contributed by atoms with van der Waals surface area (Å²) in [5.41, 5.74) is 6.79. The van der Waals surface area contributed by atoms with E-state index in [1.54, 1.807) is 31.2 Å². The first-order valence-corrected chi connectivity index (χ1v) is 9.93. The summed E-state index contributed by atoms with van der Waals surface area (Å²) >= 11 is 0. The van der Waals surface area contributed by atoms with Crippen LogP contribution in [0.4, 0.5) is 0 Å². The number of methoxy groups -OCH3 is 1. The Morgan fingerprint density at radius 2 is 1.84 bits per heavy atom.